The predicted molar refractivity (Wildman–Crippen MR) is 227 cm³/mol. The smallest absolute Gasteiger partial charge is 0.127 e. The Hall–Kier alpha value is -0.610. The summed E-state index contributed by atoms with van der Waals surface area (Å²) in [6.07, 6.45) is 56.6. The predicted octanol–water partition coefficient (Wildman–Crippen LogP) is 16.3. The van der Waals surface area contributed by atoms with Crippen LogP contribution in [0.3, 0.4) is 0 Å². The molecule has 0 rings (SSSR count). The van der Waals surface area contributed by atoms with E-state index in [1.165, 1.54) is 231 Å². The van der Waals surface area contributed by atoms with Gasteiger partial charge in [-0.05, 0) is 25.7 Å². The maximum absolute atomic E-state index is 6.03. The first-order chi connectivity index (χ1) is 25.3. The molecule has 0 aliphatic heterocycles. The van der Waals surface area contributed by atoms with Gasteiger partial charge in [-0.3, -0.25) is 0 Å². The Bertz CT molecular complexity index is 587. The fraction of sp³-hybridized carbons (Fsp3) is 0.979. The molecule has 0 aromatic carbocycles. The lowest BCUT2D eigenvalue weighted by atomic mass is 10.0. The molecule has 51 heavy (non-hydrogen) atoms. The molecule has 0 aliphatic carbocycles. The quantitative estimate of drug-likeness (QED) is 0.0357. The number of methoxy groups -OCH3 is 1. The first-order valence-corrected chi connectivity index (χ1v) is 23.6. The zero-order chi connectivity index (χ0) is 36.8. The van der Waals surface area contributed by atoms with Crippen LogP contribution in [0.25, 0.3) is 0 Å². The molecule has 4 nitrogen and oxygen atoms in total. The molecule has 306 valence electrons. The van der Waals surface area contributed by atoms with E-state index in [2.05, 4.69) is 19.0 Å². The largest absolute Gasteiger partial charge is 0.393 e. The highest BCUT2D eigenvalue weighted by Crippen LogP contribution is 2.19. The van der Waals surface area contributed by atoms with Gasteiger partial charge in [0.25, 0.3) is 0 Å². The number of hydrogen-bond donors (Lipinski definition) is 0. The molecule has 0 aliphatic rings. The van der Waals surface area contributed by atoms with E-state index in [1.54, 1.807) is 7.11 Å². The molecule has 0 heterocycles. The SMILES string of the molecule is CCCCCCCCCCCCCCCCCCCCC(CCCCCCCCCCCCCCCCCCCC)O/N=C\CCOCCOC. The highest BCUT2D eigenvalue weighted by atomic mass is 16.6. The summed E-state index contributed by atoms with van der Waals surface area (Å²) in [7, 11) is 1.71. The van der Waals surface area contributed by atoms with Crippen LogP contribution in [0.2, 0.25) is 0 Å². The van der Waals surface area contributed by atoms with E-state index >= 15 is 0 Å². The Kier molecular flexibility index (Phi) is 46.8. The van der Waals surface area contributed by atoms with Crippen LogP contribution in [0, 0.1) is 0 Å². The summed E-state index contributed by atoms with van der Waals surface area (Å²) in [5.74, 6) is 0. The standard InChI is InChI=1S/C47H95NO3/c1-4-6-8-10-12-14-16-18-20-22-24-26-28-30-32-34-36-38-41-47(51-48-43-40-44-50-46-45-49-3)42-39-37-35-33-31-29-27-25-23-21-19-17-15-13-11-9-7-5-2/h43,47H,4-42,44-46H2,1-3H3/b48-43-. The second-order valence-corrected chi connectivity index (χ2v) is 16.0. The van der Waals surface area contributed by atoms with Crippen molar-refractivity contribution in [3.8, 4) is 0 Å². The number of rotatable bonds is 46. The first kappa shape index (κ1) is 50.4. The number of ether oxygens (including phenoxy) is 2. The molecule has 0 saturated heterocycles. The van der Waals surface area contributed by atoms with E-state index in [0.29, 0.717) is 19.8 Å². The van der Waals surface area contributed by atoms with Gasteiger partial charge in [-0.15, -0.1) is 0 Å². The average Bonchev–Trinajstić information content (AvgIpc) is 3.14. The van der Waals surface area contributed by atoms with Crippen LogP contribution in [-0.4, -0.2) is 39.2 Å². The van der Waals surface area contributed by atoms with Gasteiger partial charge in [-0.1, -0.05) is 237 Å². The van der Waals surface area contributed by atoms with Gasteiger partial charge in [-0.2, -0.15) is 0 Å². The maximum atomic E-state index is 6.03. The zero-order valence-corrected chi connectivity index (χ0v) is 35.5. The maximum Gasteiger partial charge on any atom is 0.127 e. The molecule has 0 N–H and O–H groups in total. The summed E-state index contributed by atoms with van der Waals surface area (Å²) in [5.41, 5.74) is 0. The monoisotopic (exact) mass is 722 g/mol. The lowest BCUT2D eigenvalue weighted by Gasteiger charge is -2.15. The van der Waals surface area contributed by atoms with E-state index in [1.807, 2.05) is 6.21 Å². The van der Waals surface area contributed by atoms with Gasteiger partial charge in [0.05, 0.1) is 19.8 Å². The number of nitrogens with zero attached hydrogens (tertiary/aromatic N) is 1. The van der Waals surface area contributed by atoms with Crippen molar-refractivity contribution < 1.29 is 14.3 Å². The van der Waals surface area contributed by atoms with Crippen LogP contribution in [0.1, 0.15) is 264 Å². The normalized spacial score (nSPS) is 11.8. The molecule has 0 aromatic rings. The Morgan fingerprint density at radius 3 is 0.961 bits per heavy atom. The third-order valence-corrected chi connectivity index (χ3v) is 10.9. The van der Waals surface area contributed by atoms with Crippen LogP contribution in [0.15, 0.2) is 5.16 Å². The lowest BCUT2D eigenvalue weighted by molar-refractivity contribution is 0.0426. The van der Waals surface area contributed by atoms with Crippen molar-refractivity contribution in [1.29, 1.82) is 0 Å². The van der Waals surface area contributed by atoms with Crippen molar-refractivity contribution in [2.75, 3.05) is 26.9 Å². The summed E-state index contributed by atoms with van der Waals surface area (Å²) in [6, 6.07) is 0. The number of hydrogen-bond acceptors (Lipinski definition) is 4. The summed E-state index contributed by atoms with van der Waals surface area (Å²) in [5, 5.41) is 4.35. The first-order valence-electron chi connectivity index (χ1n) is 23.6. The lowest BCUT2D eigenvalue weighted by Crippen LogP contribution is -2.10. The van der Waals surface area contributed by atoms with Gasteiger partial charge < -0.3 is 14.3 Å². The minimum Gasteiger partial charge on any atom is -0.393 e. The highest BCUT2D eigenvalue weighted by Gasteiger charge is 2.09. The molecule has 0 atom stereocenters. The van der Waals surface area contributed by atoms with Crippen molar-refractivity contribution in [1.82, 2.24) is 0 Å². The van der Waals surface area contributed by atoms with Gasteiger partial charge in [0.2, 0.25) is 0 Å². The molecule has 0 saturated carbocycles. The van der Waals surface area contributed by atoms with E-state index < -0.39 is 0 Å². The topological polar surface area (TPSA) is 40.0 Å². The molecule has 0 radical (unpaired) electrons. The second-order valence-electron chi connectivity index (χ2n) is 16.0. The zero-order valence-electron chi connectivity index (χ0n) is 35.5. The Labute approximate surface area is 322 Å². The van der Waals surface area contributed by atoms with Crippen molar-refractivity contribution >= 4 is 6.21 Å². The molecule has 4 heteroatoms. The summed E-state index contributed by atoms with van der Waals surface area (Å²) < 4.78 is 10.6. The van der Waals surface area contributed by atoms with E-state index in [9.17, 15) is 0 Å². The van der Waals surface area contributed by atoms with Crippen LogP contribution in [0.4, 0.5) is 0 Å². The summed E-state index contributed by atoms with van der Waals surface area (Å²) in [4.78, 5) is 6.03. The molecule has 0 fully saturated rings. The molecule has 0 aromatic heterocycles. The molecular weight excluding hydrogens is 627 g/mol. The molecular formula is C47H95NO3. The highest BCUT2D eigenvalue weighted by molar-refractivity contribution is 5.56. The van der Waals surface area contributed by atoms with Crippen molar-refractivity contribution in [3.63, 3.8) is 0 Å². The van der Waals surface area contributed by atoms with E-state index in [0.717, 1.165) is 19.3 Å². The Balaban J connectivity index is 3.82. The van der Waals surface area contributed by atoms with Crippen LogP contribution < -0.4 is 0 Å². The fourth-order valence-corrected chi connectivity index (χ4v) is 7.36. The molecule has 0 bridgehead atoms. The average molecular weight is 722 g/mol. The van der Waals surface area contributed by atoms with Crippen LogP contribution >= 0.6 is 0 Å². The second kappa shape index (κ2) is 47.4. The summed E-state index contributed by atoms with van der Waals surface area (Å²) >= 11 is 0. The van der Waals surface area contributed by atoms with Gasteiger partial charge in [-0.25, -0.2) is 0 Å². The number of unbranched alkanes of at least 4 members (excludes halogenated alkanes) is 34. The van der Waals surface area contributed by atoms with Gasteiger partial charge in [0.15, 0.2) is 0 Å². The minimum atomic E-state index is 0.276. The molecule has 0 unspecified atom stereocenters. The van der Waals surface area contributed by atoms with E-state index in [4.69, 9.17) is 14.3 Å². The third-order valence-electron chi connectivity index (χ3n) is 10.9. The van der Waals surface area contributed by atoms with Gasteiger partial charge in [0, 0.05) is 19.7 Å². The van der Waals surface area contributed by atoms with E-state index in [-0.39, 0.29) is 6.10 Å². The van der Waals surface area contributed by atoms with Crippen molar-refractivity contribution in [3.05, 3.63) is 0 Å². The number of oxime groups is 1. The minimum absolute atomic E-state index is 0.276. The Morgan fingerprint density at radius 2 is 0.667 bits per heavy atom. The molecule has 0 spiro atoms. The van der Waals surface area contributed by atoms with Crippen LogP contribution in [0.5, 0.6) is 0 Å². The van der Waals surface area contributed by atoms with Crippen LogP contribution in [-0.2, 0) is 14.3 Å². The molecule has 0 amide bonds. The third kappa shape index (κ3) is 45.5. The van der Waals surface area contributed by atoms with Gasteiger partial charge >= 0.3 is 0 Å². The fourth-order valence-electron chi connectivity index (χ4n) is 7.36. The van der Waals surface area contributed by atoms with Crippen molar-refractivity contribution in [2.24, 2.45) is 5.16 Å². The van der Waals surface area contributed by atoms with Crippen molar-refractivity contribution in [2.45, 2.75) is 270 Å². The summed E-state index contributed by atoms with van der Waals surface area (Å²) in [6.45, 7) is 6.58. The van der Waals surface area contributed by atoms with Gasteiger partial charge in [0.1, 0.15) is 6.10 Å². The Morgan fingerprint density at radius 1 is 0.373 bits per heavy atom.